The number of rotatable bonds is 6. The second-order valence-electron chi connectivity index (χ2n) is 8.63. The van der Waals surface area contributed by atoms with Crippen LogP contribution in [0.25, 0.3) is 5.69 Å². The second kappa shape index (κ2) is 9.47. The van der Waals surface area contributed by atoms with Crippen LogP contribution in [0.5, 0.6) is 11.5 Å². The fourth-order valence-corrected chi connectivity index (χ4v) is 4.22. The summed E-state index contributed by atoms with van der Waals surface area (Å²) in [6.45, 7) is 7.59. The van der Waals surface area contributed by atoms with Gasteiger partial charge in [-0.15, -0.1) is 0 Å². The molecule has 2 heterocycles. The Bertz CT molecular complexity index is 1090. The number of benzene rings is 2. The molecule has 0 spiro atoms. The lowest BCUT2D eigenvalue weighted by Crippen LogP contribution is -2.44. The van der Waals surface area contributed by atoms with E-state index in [4.69, 9.17) is 9.47 Å². The predicted molar refractivity (Wildman–Crippen MR) is 125 cm³/mol. The molecule has 0 N–H and O–H groups in total. The van der Waals surface area contributed by atoms with Crippen LogP contribution in [0.2, 0.25) is 0 Å². The Morgan fingerprint density at radius 2 is 1.97 bits per heavy atom. The third kappa shape index (κ3) is 4.64. The van der Waals surface area contributed by atoms with Gasteiger partial charge in [0.25, 0.3) is 5.91 Å². The number of aryl methyl sites for hydroxylation is 1. The van der Waals surface area contributed by atoms with Crippen molar-refractivity contribution in [2.24, 2.45) is 0 Å². The zero-order chi connectivity index (χ0) is 22.7. The summed E-state index contributed by atoms with van der Waals surface area (Å²) < 4.78 is 13.8. The largest absolute Gasteiger partial charge is 0.495 e. The molecule has 1 amide bonds. The van der Waals surface area contributed by atoms with E-state index in [1.807, 2.05) is 59.0 Å². The van der Waals surface area contributed by atoms with Crippen molar-refractivity contribution < 1.29 is 14.3 Å². The van der Waals surface area contributed by atoms with Crippen molar-refractivity contribution in [3.8, 4) is 17.2 Å². The highest BCUT2D eigenvalue weighted by atomic mass is 16.5. The zero-order valence-corrected chi connectivity index (χ0v) is 19.2. The van der Waals surface area contributed by atoms with Gasteiger partial charge in [-0.1, -0.05) is 32.0 Å². The molecule has 0 bridgehead atoms. The number of para-hydroxylation sites is 1. The number of likely N-dealkylation sites (tertiary alicyclic amines) is 1. The quantitative estimate of drug-likeness (QED) is 0.549. The average molecular weight is 434 g/mol. The third-order valence-electron chi connectivity index (χ3n) is 5.92. The van der Waals surface area contributed by atoms with Crippen molar-refractivity contribution in [2.75, 3.05) is 20.2 Å². The Hall–Kier alpha value is -3.28. The van der Waals surface area contributed by atoms with Crippen molar-refractivity contribution in [3.05, 3.63) is 71.8 Å². The number of nitrogens with zero attached hydrogens (tertiary/aromatic N) is 3. The predicted octanol–water partition coefficient (Wildman–Crippen LogP) is 5.00. The lowest BCUT2D eigenvalue weighted by Gasteiger charge is -2.33. The molecule has 3 aromatic rings. The summed E-state index contributed by atoms with van der Waals surface area (Å²) >= 11 is 0. The molecule has 1 aliphatic rings. The number of aromatic nitrogens is 2. The molecule has 1 unspecified atom stereocenters. The number of ether oxygens (including phenoxy) is 2. The van der Waals surface area contributed by atoms with Gasteiger partial charge in [0.05, 0.1) is 31.4 Å². The standard InChI is InChI=1S/C26H31N3O3/c1-18(2)22-9-5-6-10-24(22)32-21-8-7-13-28(16-21)26(30)20-11-12-23(25(14-20)31-4)29-15-19(3)27-17-29/h5-6,9-12,14-15,17-18,21H,7-8,13,16H2,1-4H3. The third-order valence-corrected chi connectivity index (χ3v) is 5.92. The van der Waals surface area contributed by atoms with Crippen LogP contribution in [-0.4, -0.2) is 46.7 Å². The van der Waals surface area contributed by atoms with Crippen LogP contribution in [0.4, 0.5) is 0 Å². The molecule has 6 nitrogen and oxygen atoms in total. The van der Waals surface area contributed by atoms with Gasteiger partial charge in [0.15, 0.2) is 0 Å². The number of carbonyl (C=O) groups excluding carboxylic acids is 1. The number of hydrogen-bond donors (Lipinski definition) is 0. The normalized spacial score (nSPS) is 16.3. The van der Waals surface area contributed by atoms with Crippen molar-refractivity contribution >= 4 is 5.91 Å². The van der Waals surface area contributed by atoms with Gasteiger partial charge in [-0.2, -0.15) is 0 Å². The fraction of sp³-hybridized carbons (Fsp3) is 0.385. The molecule has 1 aliphatic heterocycles. The lowest BCUT2D eigenvalue weighted by atomic mass is 10.0. The van der Waals surface area contributed by atoms with Gasteiger partial charge in [-0.3, -0.25) is 4.79 Å². The first-order chi connectivity index (χ1) is 15.5. The van der Waals surface area contributed by atoms with E-state index in [1.54, 1.807) is 13.4 Å². The Morgan fingerprint density at radius 1 is 1.16 bits per heavy atom. The first-order valence-electron chi connectivity index (χ1n) is 11.2. The van der Waals surface area contributed by atoms with Crippen LogP contribution in [-0.2, 0) is 0 Å². The van der Waals surface area contributed by atoms with Crippen LogP contribution in [0.1, 0.15) is 54.2 Å². The maximum atomic E-state index is 13.3. The van der Waals surface area contributed by atoms with Crippen molar-refractivity contribution in [1.29, 1.82) is 0 Å². The molecule has 32 heavy (non-hydrogen) atoms. The highest BCUT2D eigenvalue weighted by Gasteiger charge is 2.27. The molecule has 2 aromatic carbocycles. The SMILES string of the molecule is COc1cc(C(=O)N2CCCC(Oc3ccccc3C(C)C)C2)ccc1-n1cnc(C)c1. The first-order valence-corrected chi connectivity index (χ1v) is 11.2. The summed E-state index contributed by atoms with van der Waals surface area (Å²) in [6, 6.07) is 13.8. The molecule has 0 radical (unpaired) electrons. The van der Waals surface area contributed by atoms with Crippen LogP contribution in [0, 0.1) is 6.92 Å². The van der Waals surface area contributed by atoms with E-state index in [2.05, 4.69) is 24.9 Å². The number of hydrogen-bond acceptors (Lipinski definition) is 4. The zero-order valence-electron chi connectivity index (χ0n) is 19.2. The monoisotopic (exact) mass is 433 g/mol. The molecule has 1 fully saturated rings. The first kappa shape index (κ1) is 21.9. The fourth-order valence-electron chi connectivity index (χ4n) is 4.22. The number of carbonyl (C=O) groups is 1. The van der Waals surface area contributed by atoms with E-state index in [0.29, 0.717) is 23.8 Å². The maximum absolute atomic E-state index is 13.3. The van der Waals surface area contributed by atoms with E-state index in [0.717, 1.165) is 36.5 Å². The highest BCUT2D eigenvalue weighted by Crippen LogP contribution is 2.29. The summed E-state index contributed by atoms with van der Waals surface area (Å²) in [5.41, 5.74) is 3.59. The molecule has 4 rings (SSSR count). The molecule has 1 saturated heterocycles. The van der Waals surface area contributed by atoms with E-state index >= 15 is 0 Å². The average Bonchev–Trinajstić information content (AvgIpc) is 3.24. The minimum Gasteiger partial charge on any atom is -0.495 e. The molecule has 168 valence electrons. The summed E-state index contributed by atoms with van der Waals surface area (Å²) in [5.74, 6) is 1.95. The molecule has 6 heteroatoms. The molecular weight excluding hydrogens is 402 g/mol. The van der Waals surface area contributed by atoms with Gasteiger partial charge in [-0.05, 0) is 55.5 Å². The molecule has 1 atom stereocenters. The summed E-state index contributed by atoms with van der Waals surface area (Å²) in [6.07, 6.45) is 5.53. The van der Waals surface area contributed by atoms with E-state index in [1.165, 1.54) is 5.56 Å². The Balaban J connectivity index is 1.50. The minimum atomic E-state index is -0.0114. The second-order valence-corrected chi connectivity index (χ2v) is 8.63. The van der Waals surface area contributed by atoms with E-state index in [9.17, 15) is 4.79 Å². The van der Waals surface area contributed by atoms with Crippen LogP contribution >= 0.6 is 0 Å². The summed E-state index contributed by atoms with van der Waals surface area (Å²) in [7, 11) is 1.62. The highest BCUT2D eigenvalue weighted by molar-refractivity contribution is 5.95. The van der Waals surface area contributed by atoms with Crippen LogP contribution in [0.3, 0.4) is 0 Å². The topological polar surface area (TPSA) is 56.6 Å². The van der Waals surface area contributed by atoms with Gasteiger partial charge < -0.3 is 18.9 Å². The van der Waals surface area contributed by atoms with Crippen molar-refractivity contribution in [1.82, 2.24) is 14.5 Å². The molecule has 0 saturated carbocycles. The van der Waals surface area contributed by atoms with Gasteiger partial charge in [0, 0.05) is 18.3 Å². The summed E-state index contributed by atoms with van der Waals surface area (Å²) in [5, 5.41) is 0. The van der Waals surface area contributed by atoms with Crippen molar-refractivity contribution in [2.45, 2.75) is 45.6 Å². The maximum Gasteiger partial charge on any atom is 0.254 e. The number of imidazole rings is 1. The van der Waals surface area contributed by atoms with Crippen LogP contribution in [0.15, 0.2) is 55.0 Å². The molecule has 1 aromatic heterocycles. The molecule has 0 aliphatic carbocycles. The van der Waals surface area contributed by atoms with Crippen LogP contribution < -0.4 is 9.47 Å². The molecular formula is C26H31N3O3. The number of methoxy groups -OCH3 is 1. The number of amides is 1. The summed E-state index contributed by atoms with van der Waals surface area (Å²) in [4.78, 5) is 19.5. The van der Waals surface area contributed by atoms with Crippen molar-refractivity contribution in [3.63, 3.8) is 0 Å². The van der Waals surface area contributed by atoms with Gasteiger partial charge in [0.2, 0.25) is 0 Å². The van der Waals surface area contributed by atoms with Gasteiger partial charge >= 0.3 is 0 Å². The van der Waals surface area contributed by atoms with Gasteiger partial charge in [0.1, 0.15) is 17.6 Å². The Kier molecular flexibility index (Phi) is 6.49. The number of piperidine rings is 1. The Morgan fingerprint density at radius 3 is 2.69 bits per heavy atom. The Labute approximate surface area is 189 Å². The minimum absolute atomic E-state index is 0.00195. The smallest absolute Gasteiger partial charge is 0.254 e. The lowest BCUT2D eigenvalue weighted by molar-refractivity contribution is 0.0535. The van der Waals surface area contributed by atoms with Gasteiger partial charge in [-0.25, -0.2) is 4.98 Å². The van der Waals surface area contributed by atoms with E-state index < -0.39 is 0 Å². The van der Waals surface area contributed by atoms with E-state index in [-0.39, 0.29) is 12.0 Å².